The van der Waals surface area contributed by atoms with E-state index in [1.54, 1.807) is 7.11 Å². The predicted octanol–water partition coefficient (Wildman–Crippen LogP) is 3.47. The van der Waals surface area contributed by atoms with E-state index in [1.807, 2.05) is 36.7 Å². The lowest BCUT2D eigenvalue weighted by molar-refractivity contribution is 0.112. The molecule has 1 saturated heterocycles. The van der Waals surface area contributed by atoms with Crippen LogP contribution in [0.4, 0.5) is 0 Å². The summed E-state index contributed by atoms with van der Waals surface area (Å²) < 4.78 is 5.42. The first-order valence-electron chi connectivity index (χ1n) is 13.5. The fourth-order valence-electron chi connectivity index (χ4n) is 4.91. The molecule has 2 N–H and O–H groups in total. The number of methoxy groups -OCH3 is 1. The lowest BCUT2D eigenvalue weighted by Gasteiger charge is -2.25. The Hall–Kier alpha value is -2.68. The van der Waals surface area contributed by atoms with E-state index in [2.05, 4.69) is 66.8 Å². The lowest BCUT2D eigenvalue weighted by atomic mass is 10.1. The van der Waals surface area contributed by atoms with E-state index in [-0.39, 0.29) is 0 Å². The van der Waals surface area contributed by atoms with Gasteiger partial charge in [0.1, 0.15) is 0 Å². The molecule has 37 heavy (non-hydrogen) atoms. The molecule has 1 aliphatic rings. The molecule has 0 aliphatic carbocycles. The molecule has 0 amide bonds. The van der Waals surface area contributed by atoms with Gasteiger partial charge in [0, 0.05) is 77.9 Å². The third-order valence-electron chi connectivity index (χ3n) is 6.95. The zero-order valence-electron chi connectivity index (χ0n) is 22.2. The molecule has 3 aromatic rings. The summed E-state index contributed by atoms with van der Waals surface area (Å²) in [5.74, 6) is 0. The summed E-state index contributed by atoms with van der Waals surface area (Å²) in [4.78, 5) is 13.9. The Morgan fingerprint density at radius 3 is 2.05 bits per heavy atom. The van der Waals surface area contributed by atoms with E-state index in [1.165, 1.54) is 30.5 Å². The second kappa shape index (κ2) is 15.5. The third-order valence-corrected chi connectivity index (χ3v) is 6.95. The van der Waals surface area contributed by atoms with E-state index in [0.717, 1.165) is 70.4 Å². The molecule has 0 radical (unpaired) electrons. The Bertz CT molecular complexity index is 954. The highest BCUT2D eigenvalue weighted by Gasteiger charge is 2.24. The first-order chi connectivity index (χ1) is 18.3. The Morgan fingerprint density at radius 1 is 0.865 bits per heavy atom. The van der Waals surface area contributed by atoms with Crippen LogP contribution in [0.5, 0.6) is 0 Å². The topological polar surface area (TPSA) is 65.6 Å². The van der Waals surface area contributed by atoms with Gasteiger partial charge in [0.2, 0.25) is 0 Å². The highest BCUT2D eigenvalue weighted by molar-refractivity contribution is 5.22. The zero-order chi connectivity index (χ0) is 25.5. The van der Waals surface area contributed by atoms with Gasteiger partial charge in [-0.05, 0) is 54.8 Å². The van der Waals surface area contributed by atoms with E-state index < -0.39 is 0 Å². The van der Waals surface area contributed by atoms with E-state index in [9.17, 15) is 0 Å². The molecule has 198 valence electrons. The summed E-state index contributed by atoms with van der Waals surface area (Å²) in [5.41, 5.74) is 4.89. The summed E-state index contributed by atoms with van der Waals surface area (Å²) in [6, 6.07) is 21.9. The van der Waals surface area contributed by atoms with Crippen molar-refractivity contribution in [3.8, 4) is 0 Å². The van der Waals surface area contributed by atoms with Gasteiger partial charge in [0.05, 0.1) is 18.0 Å². The number of pyridine rings is 2. The highest BCUT2D eigenvalue weighted by atomic mass is 16.5. The minimum atomic E-state index is 0.553. The van der Waals surface area contributed by atoms with Crippen LogP contribution in [-0.4, -0.2) is 72.3 Å². The molecular formula is C30H42N6O. The number of nitrogens with one attached hydrogen (secondary N) is 2. The van der Waals surface area contributed by atoms with Crippen molar-refractivity contribution in [2.45, 2.75) is 45.1 Å². The van der Waals surface area contributed by atoms with Crippen LogP contribution in [-0.2, 0) is 30.9 Å². The molecule has 2 aromatic heterocycles. The number of hydrogen-bond acceptors (Lipinski definition) is 7. The van der Waals surface area contributed by atoms with Crippen LogP contribution >= 0.6 is 0 Å². The number of likely N-dealkylation sites (tertiary alicyclic amines) is 1. The van der Waals surface area contributed by atoms with Crippen molar-refractivity contribution in [3.63, 3.8) is 0 Å². The summed E-state index contributed by atoms with van der Waals surface area (Å²) in [6.07, 6.45) is 6.21. The molecule has 3 heterocycles. The van der Waals surface area contributed by atoms with Gasteiger partial charge < -0.3 is 15.4 Å². The van der Waals surface area contributed by atoms with Crippen LogP contribution in [0.25, 0.3) is 0 Å². The molecule has 0 unspecified atom stereocenters. The minimum Gasteiger partial charge on any atom is -0.383 e. The van der Waals surface area contributed by atoms with E-state index in [0.29, 0.717) is 6.04 Å². The van der Waals surface area contributed by atoms with Gasteiger partial charge in [0.25, 0.3) is 0 Å². The second-order valence-corrected chi connectivity index (χ2v) is 9.81. The zero-order valence-corrected chi connectivity index (χ0v) is 22.2. The van der Waals surface area contributed by atoms with Crippen molar-refractivity contribution in [2.24, 2.45) is 0 Å². The Kier molecular flexibility index (Phi) is 11.5. The largest absolute Gasteiger partial charge is 0.383 e. The van der Waals surface area contributed by atoms with Gasteiger partial charge in [-0.3, -0.25) is 19.8 Å². The van der Waals surface area contributed by atoms with E-state index in [4.69, 9.17) is 4.74 Å². The summed E-state index contributed by atoms with van der Waals surface area (Å²) in [5, 5.41) is 7.10. The number of rotatable bonds is 16. The van der Waals surface area contributed by atoms with Crippen LogP contribution in [0.2, 0.25) is 0 Å². The van der Waals surface area contributed by atoms with Crippen molar-refractivity contribution in [1.82, 2.24) is 30.4 Å². The minimum absolute atomic E-state index is 0.553. The molecule has 0 spiro atoms. The van der Waals surface area contributed by atoms with Crippen LogP contribution in [0.1, 0.15) is 35.4 Å². The molecule has 4 rings (SSSR count). The average molecular weight is 503 g/mol. The summed E-state index contributed by atoms with van der Waals surface area (Å²) in [7, 11) is 1.80. The van der Waals surface area contributed by atoms with Gasteiger partial charge in [0.15, 0.2) is 0 Å². The summed E-state index contributed by atoms with van der Waals surface area (Å²) in [6.45, 7) is 9.33. The van der Waals surface area contributed by atoms with Gasteiger partial charge in [-0.2, -0.15) is 0 Å². The Labute approximate surface area is 222 Å². The predicted molar refractivity (Wildman–Crippen MR) is 149 cm³/mol. The monoisotopic (exact) mass is 502 g/mol. The highest BCUT2D eigenvalue weighted by Crippen LogP contribution is 2.20. The molecule has 1 aromatic carbocycles. The van der Waals surface area contributed by atoms with Crippen LogP contribution in [0.3, 0.4) is 0 Å². The molecule has 7 nitrogen and oxygen atoms in total. The van der Waals surface area contributed by atoms with Crippen molar-refractivity contribution in [2.75, 3.05) is 46.4 Å². The maximum atomic E-state index is 5.42. The average Bonchev–Trinajstić information content (AvgIpc) is 3.37. The lowest BCUT2D eigenvalue weighted by Crippen LogP contribution is -2.36. The SMILES string of the molecule is COC[C@@H]1CCCN1Cc1ccc(CN(CCNCc2ccccn2)CCNCc2ccccn2)cc1. The fourth-order valence-corrected chi connectivity index (χ4v) is 4.91. The quantitative estimate of drug-likeness (QED) is 0.291. The van der Waals surface area contributed by atoms with Gasteiger partial charge >= 0.3 is 0 Å². The van der Waals surface area contributed by atoms with Gasteiger partial charge in [-0.1, -0.05) is 36.4 Å². The number of hydrogen-bond donors (Lipinski definition) is 2. The van der Waals surface area contributed by atoms with Crippen LogP contribution in [0.15, 0.2) is 73.1 Å². The number of nitrogens with zero attached hydrogens (tertiary/aromatic N) is 4. The maximum absolute atomic E-state index is 5.42. The fraction of sp³-hybridized carbons (Fsp3) is 0.467. The van der Waals surface area contributed by atoms with Gasteiger partial charge in [-0.15, -0.1) is 0 Å². The standard InChI is InChI=1S/C30H42N6O/c1-37-25-30-9-6-18-36(30)24-27-12-10-26(11-13-27)23-35(19-16-31-21-28-7-2-4-14-33-28)20-17-32-22-29-8-3-5-15-34-29/h2-5,7-8,10-15,30-32H,6,9,16-25H2,1H3/t30-/m0/s1. The first-order valence-corrected chi connectivity index (χ1v) is 13.5. The first kappa shape index (κ1) is 27.4. The molecule has 1 aliphatic heterocycles. The molecule has 7 heteroatoms. The van der Waals surface area contributed by atoms with Crippen molar-refractivity contribution < 1.29 is 4.74 Å². The number of ether oxygens (including phenoxy) is 1. The second-order valence-electron chi connectivity index (χ2n) is 9.81. The Balaban J connectivity index is 1.26. The van der Waals surface area contributed by atoms with Crippen LogP contribution < -0.4 is 10.6 Å². The normalized spacial score (nSPS) is 16.0. The van der Waals surface area contributed by atoms with Crippen LogP contribution in [0, 0.1) is 0 Å². The maximum Gasteiger partial charge on any atom is 0.0618 e. The van der Waals surface area contributed by atoms with Crippen molar-refractivity contribution in [3.05, 3.63) is 95.6 Å². The molecular weight excluding hydrogens is 460 g/mol. The molecule has 0 bridgehead atoms. The number of benzene rings is 1. The smallest absolute Gasteiger partial charge is 0.0618 e. The molecule has 1 atom stereocenters. The summed E-state index contributed by atoms with van der Waals surface area (Å²) >= 11 is 0. The molecule has 0 saturated carbocycles. The van der Waals surface area contributed by atoms with Crippen molar-refractivity contribution in [1.29, 1.82) is 0 Å². The Morgan fingerprint density at radius 2 is 1.49 bits per heavy atom. The third kappa shape index (κ3) is 9.61. The van der Waals surface area contributed by atoms with Crippen molar-refractivity contribution >= 4 is 0 Å². The van der Waals surface area contributed by atoms with E-state index >= 15 is 0 Å². The molecule has 1 fully saturated rings. The number of aromatic nitrogens is 2. The van der Waals surface area contributed by atoms with Gasteiger partial charge in [-0.25, -0.2) is 0 Å².